The minimum Gasteiger partial charge on any atom is -0.325 e. The van der Waals surface area contributed by atoms with Crippen LogP contribution in [0.5, 0.6) is 0 Å². The van der Waals surface area contributed by atoms with Gasteiger partial charge in [-0.15, -0.1) is 0 Å². The maximum Gasteiger partial charge on any atom is 0.261 e. The predicted octanol–water partition coefficient (Wildman–Crippen LogP) is 1.75. The van der Waals surface area contributed by atoms with E-state index in [1.165, 1.54) is 43.3 Å². The molecule has 0 aliphatic rings. The third kappa shape index (κ3) is 4.92. The van der Waals surface area contributed by atoms with Gasteiger partial charge in [0.1, 0.15) is 0 Å². The van der Waals surface area contributed by atoms with Crippen LogP contribution < -0.4 is 15.2 Å². The average molecular weight is 404 g/mol. The fraction of sp³-hybridized carbons (Fsp3) is 0.0714. The number of carbonyl (C=O) groups is 1. The molecule has 2 aromatic rings. The Balaban J connectivity index is 2.33. The number of amides is 1. The Morgan fingerprint density at radius 1 is 1.04 bits per heavy atom. The lowest BCUT2D eigenvalue weighted by molar-refractivity contribution is -0.114. The van der Waals surface area contributed by atoms with Gasteiger partial charge in [-0.25, -0.2) is 22.0 Å². The first-order valence-corrected chi connectivity index (χ1v) is 10.1. The molecule has 2 rings (SSSR count). The Morgan fingerprint density at radius 2 is 1.68 bits per heavy atom. The van der Waals surface area contributed by atoms with Crippen molar-refractivity contribution in [2.45, 2.75) is 16.7 Å². The van der Waals surface area contributed by atoms with Crippen molar-refractivity contribution in [3.05, 3.63) is 47.5 Å². The molecular formula is C14H14ClN3O5S2. The first kappa shape index (κ1) is 19.2. The molecule has 25 heavy (non-hydrogen) atoms. The van der Waals surface area contributed by atoms with E-state index >= 15 is 0 Å². The second kappa shape index (κ2) is 7.00. The molecule has 134 valence electrons. The Hall–Kier alpha value is -2.14. The summed E-state index contributed by atoms with van der Waals surface area (Å²) in [6.45, 7) is 1.31. The van der Waals surface area contributed by atoms with Gasteiger partial charge >= 0.3 is 0 Å². The summed E-state index contributed by atoms with van der Waals surface area (Å²) in [6.07, 6.45) is 0. The lowest BCUT2D eigenvalue weighted by Gasteiger charge is -2.11. The van der Waals surface area contributed by atoms with Gasteiger partial charge in [0.05, 0.1) is 26.2 Å². The zero-order valence-electron chi connectivity index (χ0n) is 12.9. The molecule has 0 aliphatic carbocycles. The van der Waals surface area contributed by atoms with Crippen molar-refractivity contribution >= 4 is 48.9 Å². The van der Waals surface area contributed by atoms with E-state index in [1.54, 1.807) is 0 Å². The lowest BCUT2D eigenvalue weighted by atomic mass is 10.3. The van der Waals surface area contributed by atoms with Crippen LogP contribution in [0.15, 0.2) is 52.3 Å². The number of nitrogens with one attached hydrogen (secondary N) is 2. The molecule has 0 heterocycles. The molecule has 8 nitrogen and oxygen atoms in total. The van der Waals surface area contributed by atoms with Crippen LogP contribution >= 0.6 is 11.6 Å². The van der Waals surface area contributed by atoms with Crippen LogP contribution in [0.1, 0.15) is 6.92 Å². The summed E-state index contributed by atoms with van der Waals surface area (Å²) in [6, 6.07) is 8.78. The van der Waals surface area contributed by atoms with Crippen molar-refractivity contribution in [3.8, 4) is 0 Å². The Labute approximate surface area is 150 Å². The highest BCUT2D eigenvalue weighted by molar-refractivity contribution is 7.93. The number of nitrogens with two attached hydrogens (primary N) is 1. The van der Waals surface area contributed by atoms with Gasteiger partial charge in [0, 0.05) is 6.92 Å². The third-order valence-electron chi connectivity index (χ3n) is 2.98. The van der Waals surface area contributed by atoms with Crippen LogP contribution in [0.2, 0.25) is 5.02 Å². The number of halogens is 1. The van der Waals surface area contributed by atoms with Gasteiger partial charge in [0.2, 0.25) is 15.9 Å². The molecule has 0 atom stereocenters. The molecule has 0 spiro atoms. The van der Waals surface area contributed by atoms with E-state index < -0.39 is 20.0 Å². The van der Waals surface area contributed by atoms with Gasteiger partial charge in [0.15, 0.2) is 0 Å². The molecule has 0 unspecified atom stereocenters. The largest absolute Gasteiger partial charge is 0.325 e. The van der Waals surface area contributed by atoms with Crippen molar-refractivity contribution in [2.24, 2.45) is 5.14 Å². The van der Waals surface area contributed by atoms with Crippen LogP contribution in [0.4, 0.5) is 11.4 Å². The Morgan fingerprint density at radius 3 is 2.24 bits per heavy atom. The zero-order chi connectivity index (χ0) is 18.8. The van der Waals surface area contributed by atoms with Crippen molar-refractivity contribution in [2.75, 3.05) is 10.0 Å². The van der Waals surface area contributed by atoms with Gasteiger partial charge in [-0.05, 0) is 36.4 Å². The summed E-state index contributed by atoms with van der Waals surface area (Å²) in [5, 5.41) is 7.63. The number of primary sulfonamides is 1. The van der Waals surface area contributed by atoms with Gasteiger partial charge in [-0.3, -0.25) is 9.52 Å². The highest BCUT2D eigenvalue weighted by Crippen LogP contribution is 2.27. The smallest absolute Gasteiger partial charge is 0.261 e. The standard InChI is InChI=1S/C14H14ClN3O5S2/c1-9(19)17-14-6-5-10(7-13(14)15)18-25(22,23)12-4-2-3-11(8-12)24(16,20)21/h2-8,18H,1H3,(H,17,19)(H2,16,20,21). The summed E-state index contributed by atoms with van der Waals surface area (Å²) < 4.78 is 49.8. The SMILES string of the molecule is CC(=O)Nc1ccc(NS(=O)(=O)c2cccc(S(N)(=O)=O)c2)cc1Cl. The summed E-state index contributed by atoms with van der Waals surface area (Å²) in [5.41, 5.74) is 0.466. The normalized spacial score (nSPS) is 11.8. The van der Waals surface area contributed by atoms with E-state index in [1.807, 2.05) is 0 Å². The van der Waals surface area contributed by atoms with Crippen LogP contribution in [-0.2, 0) is 24.8 Å². The molecule has 2 aromatic carbocycles. The van der Waals surface area contributed by atoms with E-state index in [4.69, 9.17) is 16.7 Å². The first-order chi connectivity index (χ1) is 11.5. The zero-order valence-corrected chi connectivity index (χ0v) is 15.2. The van der Waals surface area contributed by atoms with Crippen molar-refractivity contribution in [1.82, 2.24) is 0 Å². The number of hydrogen-bond acceptors (Lipinski definition) is 5. The molecule has 1 amide bonds. The minimum atomic E-state index is -4.06. The number of hydrogen-bond donors (Lipinski definition) is 3. The Kier molecular flexibility index (Phi) is 5.37. The van der Waals surface area contributed by atoms with Crippen molar-refractivity contribution in [3.63, 3.8) is 0 Å². The van der Waals surface area contributed by atoms with Crippen LogP contribution in [-0.4, -0.2) is 22.7 Å². The number of anilines is 2. The van der Waals surface area contributed by atoms with Crippen molar-refractivity contribution in [1.29, 1.82) is 0 Å². The molecule has 4 N–H and O–H groups in total. The van der Waals surface area contributed by atoms with E-state index in [-0.39, 0.29) is 26.4 Å². The summed E-state index contributed by atoms with van der Waals surface area (Å²) in [7, 11) is -8.10. The topological polar surface area (TPSA) is 135 Å². The lowest BCUT2D eigenvalue weighted by Crippen LogP contribution is -2.16. The maximum absolute atomic E-state index is 12.4. The molecule has 0 radical (unpaired) electrons. The van der Waals surface area contributed by atoms with Crippen LogP contribution in [0.3, 0.4) is 0 Å². The third-order valence-corrected chi connectivity index (χ3v) is 5.58. The Bertz CT molecular complexity index is 1040. The maximum atomic E-state index is 12.4. The van der Waals surface area contributed by atoms with Gasteiger partial charge in [0.25, 0.3) is 10.0 Å². The molecule has 11 heteroatoms. The monoisotopic (exact) mass is 403 g/mol. The number of sulfonamides is 2. The van der Waals surface area contributed by atoms with Gasteiger partial charge in [-0.2, -0.15) is 0 Å². The van der Waals surface area contributed by atoms with Gasteiger partial charge < -0.3 is 5.32 Å². The second-order valence-electron chi connectivity index (χ2n) is 5.00. The van der Waals surface area contributed by atoms with Gasteiger partial charge in [-0.1, -0.05) is 17.7 Å². The quantitative estimate of drug-likeness (QED) is 0.698. The molecule has 0 bridgehead atoms. The molecule has 0 aliphatic heterocycles. The predicted molar refractivity (Wildman–Crippen MR) is 94.4 cm³/mol. The van der Waals surface area contributed by atoms with Crippen LogP contribution in [0.25, 0.3) is 0 Å². The highest BCUT2D eigenvalue weighted by Gasteiger charge is 2.18. The van der Waals surface area contributed by atoms with Crippen molar-refractivity contribution < 1.29 is 21.6 Å². The first-order valence-electron chi connectivity index (χ1n) is 6.72. The minimum absolute atomic E-state index is 0.133. The number of carbonyl (C=O) groups excluding carboxylic acids is 1. The van der Waals surface area contributed by atoms with E-state index in [9.17, 15) is 21.6 Å². The molecule has 0 saturated carbocycles. The van der Waals surface area contributed by atoms with E-state index in [0.29, 0.717) is 5.69 Å². The number of benzene rings is 2. The fourth-order valence-corrected chi connectivity index (χ4v) is 3.86. The van der Waals surface area contributed by atoms with E-state index in [2.05, 4.69) is 10.0 Å². The summed E-state index contributed by atoms with van der Waals surface area (Å²) >= 11 is 5.99. The summed E-state index contributed by atoms with van der Waals surface area (Å²) in [4.78, 5) is 10.4. The molecular weight excluding hydrogens is 390 g/mol. The molecule has 0 aromatic heterocycles. The summed E-state index contributed by atoms with van der Waals surface area (Å²) in [5.74, 6) is -0.324. The molecule has 0 fully saturated rings. The molecule has 0 saturated heterocycles. The second-order valence-corrected chi connectivity index (χ2v) is 8.65. The average Bonchev–Trinajstić information content (AvgIpc) is 2.49. The van der Waals surface area contributed by atoms with E-state index in [0.717, 1.165) is 6.07 Å². The van der Waals surface area contributed by atoms with Crippen LogP contribution in [0, 0.1) is 0 Å². The highest BCUT2D eigenvalue weighted by atomic mass is 35.5. The fourth-order valence-electron chi connectivity index (χ4n) is 1.90. The number of rotatable bonds is 5.